The molecule has 2 heterocycles. The van der Waals surface area contributed by atoms with E-state index < -0.39 is 0 Å². The number of anilines is 1. The Kier molecular flexibility index (Phi) is 2.93. The molecule has 3 aromatic rings. The molecule has 2 aromatic carbocycles. The van der Waals surface area contributed by atoms with Gasteiger partial charge in [-0.25, -0.2) is 4.68 Å². The van der Waals surface area contributed by atoms with Crippen molar-refractivity contribution in [3.63, 3.8) is 0 Å². The van der Waals surface area contributed by atoms with Gasteiger partial charge in [-0.15, -0.1) is 0 Å². The summed E-state index contributed by atoms with van der Waals surface area (Å²) < 4.78 is 1.92. The van der Waals surface area contributed by atoms with Crippen LogP contribution < -0.4 is 5.32 Å². The second-order valence-corrected chi connectivity index (χ2v) is 5.49. The Labute approximate surface area is 128 Å². The van der Waals surface area contributed by atoms with E-state index in [9.17, 15) is 0 Å². The van der Waals surface area contributed by atoms with E-state index in [0.29, 0.717) is 5.02 Å². The Balaban J connectivity index is 1.93. The second-order valence-electron chi connectivity index (χ2n) is 5.08. The van der Waals surface area contributed by atoms with Gasteiger partial charge in [-0.2, -0.15) is 5.10 Å². The summed E-state index contributed by atoms with van der Waals surface area (Å²) in [6, 6.07) is 18.1. The number of benzene rings is 2. The Morgan fingerprint density at radius 2 is 1.76 bits per heavy atom. The number of hydrogen-bond acceptors (Lipinski definition) is 2. The van der Waals surface area contributed by atoms with Crippen LogP contribution in [-0.4, -0.2) is 16.3 Å². The van der Waals surface area contributed by atoms with Crippen molar-refractivity contribution < 1.29 is 0 Å². The van der Waals surface area contributed by atoms with Crippen molar-refractivity contribution in [1.82, 2.24) is 9.78 Å². The largest absolute Gasteiger partial charge is 0.369 e. The third-order valence-electron chi connectivity index (χ3n) is 3.78. The molecule has 0 fully saturated rings. The van der Waals surface area contributed by atoms with Gasteiger partial charge < -0.3 is 5.32 Å². The molecular weight excluding hydrogens is 282 g/mol. The van der Waals surface area contributed by atoms with Crippen molar-refractivity contribution in [3.8, 4) is 16.9 Å². The highest BCUT2D eigenvalue weighted by Gasteiger charge is 2.24. The van der Waals surface area contributed by atoms with Gasteiger partial charge >= 0.3 is 0 Å². The minimum Gasteiger partial charge on any atom is -0.369 e. The highest BCUT2D eigenvalue weighted by atomic mass is 35.5. The van der Waals surface area contributed by atoms with E-state index in [1.54, 1.807) is 0 Å². The van der Waals surface area contributed by atoms with Crippen LogP contribution in [0.25, 0.3) is 16.9 Å². The van der Waals surface area contributed by atoms with E-state index in [1.807, 2.05) is 47.1 Å². The Morgan fingerprint density at radius 1 is 1.00 bits per heavy atom. The van der Waals surface area contributed by atoms with Crippen molar-refractivity contribution in [3.05, 3.63) is 65.2 Å². The minimum atomic E-state index is 0.705. The second kappa shape index (κ2) is 4.93. The number of hydrogen-bond donors (Lipinski definition) is 1. The first kappa shape index (κ1) is 12.5. The van der Waals surface area contributed by atoms with Crippen LogP contribution in [0.2, 0.25) is 5.02 Å². The first-order chi connectivity index (χ1) is 10.3. The lowest BCUT2D eigenvalue weighted by molar-refractivity contribution is 0.882. The molecule has 0 amide bonds. The van der Waals surface area contributed by atoms with Crippen LogP contribution in [0.15, 0.2) is 54.6 Å². The highest BCUT2D eigenvalue weighted by molar-refractivity contribution is 6.32. The van der Waals surface area contributed by atoms with Crippen LogP contribution in [0.4, 0.5) is 5.82 Å². The predicted molar refractivity (Wildman–Crippen MR) is 86.2 cm³/mol. The average molecular weight is 296 g/mol. The summed E-state index contributed by atoms with van der Waals surface area (Å²) >= 11 is 6.33. The molecule has 1 aliphatic heterocycles. The number of halogens is 1. The van der Waals surface area contributed by atoms with Gasteiger partial charge in [0.05, 0.1) is 16.4 Å². The average Bonchev–Trinajstić information content (AvgIpc) is 3.11. The summed E-state index contributed by atoms with van der Waals surface area (Å²) in [7, 11) is 0. The van der Waals surface area contributed by atoms with Crippen molar-refractivity contribution in [2.24, 2.45) is 0 Å². The molecule has 104 valence electrons. The smallest absolute Gasteiger partial charge is 0.133 e. The number of nitrogens with one attached hydrogen (secondary N) is 1. The maximum Gasteiger partial charge on any atom is 0.133 e. The standard InChI is InChI=1S/C17H14ClN3/c18-14-8-4-5-9-15(14)21-17-13(10-11-19-17)16(20-21)12-6-2-1-3-7-12/h1-9,19H,10-11H2. The molecular formula is C17H14ClN3. The SMILES string of the molecule is Clc1ccccc1-n1nc(-c2ccccc2)c2c1NCC2. The zero-order valence-electron chi connectivity index (χ0n) is 11.4. The Bertz CT molecular complexity index is 793. The number of nitrogens with zero attached hydrogens (tertiary/aromatic N) is 2. The molecule has 0 unspecified atom stereocenters. The molecule has 1 N–H and O–H groups in total. The summed E-state index contributed by atoms with van der Waals surface area (Å²) in [5, 5.41) is 8.93. The maximum absolute atomic E-state index is 6.33. The van der Waals surface area contributed by atoms with Crippen LogP contribution in [0.5, 0.6) is 0 Å². The fourth-order valence-electron chi connectivity index (χ4n) is 2.80. The fourth-order valence-corrected chi connectivity index (χ4v) is 3.02. The topological polar surface area (TPSA) is 29.9 Å². The molecule has 21 heavy (non-hydrogen) atoms. The first-order valence-corrected chi connectivity index (χ1v) is 7.38. The van der Waals surface area contributed by atoms with Crippen molar-refractivity contribution in [1.29, 1.82) is 0 Å². The van der Waals surface area contributed by atoms with E-state index in [-0.39, 0.29) is 0 Å². The van der Waals surface area contributed by atoms with Gasteiger partial charge in [-0.05, 0) is 18.6 Å². The third-order valence-corrected chi connectivity index (χ3v) is 4.10. The Morgan fingerprint density at radius 3 is 2.57 bits per heavy atom. The van der Waals surface area contributed by atoms with E-state index in [2.05, 4.69) is 17.4 Å². The number of rotatable bonds is 2. The number of aromatic nitrogens is 2. The van der Waals surface area contributed by atoms with Crippen molar-refractivity contribution in [2.45, 2.75) is 6.42 Å². The molecule has 0 saturated carbocycles. The van der Waals surface area contributed by atoms with E-state index in [4.69, 9.17) is 16.7 Å². The van der Waals surface area contributed by atoms with Gasteiger partial charge in [0.1, 0.15) is 5.82 Å². The predicted octanol–water partition coefficient (Wildman–Crippen LogP) is 4.16. The zero-order valence-corrected chi connectivity index (χ0v) is 12.1. The number of para-hydroxylation sites is 1. The van der Waals surface area contributed by atoms with Gasteiger partial charge in [0.2, 0.25) is 0 Å². The lowest BCUT2D eigenvalue weighted by atomic mass is 10.1. The van der Waals surface area contributed by atoms with Gasteiger partial charge in [-0.1, -0.05) is 54.1 Å². The van der Waals surface area contributed by atoms with Crippen LogP contribution in [0.3, 0.4) is 0 Å². The monoisotopic (exact) mass is 295 g/mol. The highest BCUT2D eigenvalue weighted by Crippen LogP contribution is 2.35. The number of fused-ring (bicyclic) bond motifs is 1. The van der Waals surface area contributed by atoms with Crippen LogP contribution >= 0.6 is 11.6 Å². The quantitative estimate of drug-likeness (QED) is 0.769. The minimum absolute atomic E-state index is 0.705. The van der Waals surface area contributed by atoms with Crippen LogP contribution in [0.1, 0.15) is 5.56 Å². The summed E-state index contributed by atoms with van der Waals surface area (Å²) in [5.41, 5.74) is 4.35. The summed E-state index contributed by atoms with van der Waals surface area (Å²) in [5.74, 6) is 1.06. The normalized spacial score (nSPS) is 13.0. The molecule has 0 bridgehead atoms. The summed E-state index contributed by atoms with van der Waals surface area (Å²) in [6.07, 6.45) is 0.990. The van der Waals surface area contributed by atoms with Gasteiger partial charge in [-0.3, -0.25) is 0 Å². The zero-order chi connectivity index (χ0) is 14.2. The van der Waals surface area contributed by atoms with Gasteiger partial charge in [0, 0.05) is 17.7 Å². The molecule has 0 saturated heterocycles. The molecule has 1 aromatic heterocycles. The van der Waals surface area contributed by atoms with Crippen molar-refractivity contribution >= 4 is 17.4 Å². The summed E-state index contributed by atoms with van der Waals surface area (Å²) in [4.78, 5) is 0. The lowest BCUT2D eigenvalue weighted by Gasteiger charge is -2.07. The molecule has 4 heteroatoms. The van der Waals surface area contributed by atoms with Crippen LogP contribution in [0, 0.1) is 0 Å². The molecule has 0 radical (unpaired) electrons. The van der Waals surface area contributed by atoms with Crippen LogP contribution in [-0.2, 0) is 6.42 Å². The van der Waals surface area contributed by atoms with Crippen molar-refractivity contribution in [2.75, 3.05) is 11.9 Å². The molecule has 3 nitrogen and oxygen atoms in total. The summed E-state index contributed by atoms with van der Waals surface area (Å²) in [6.45, 7) is 0.942. The van der Waals surface area contributed by atoms with E-state index in [1.165, 1.54) is 5.56 Å². The van der Waals surface area contributed by atoms with Gasteiger partial charge in [0.15, 0.2) is 0 Å². The molecule has 4 rings (SSSR count). The van der Waals surface area contributed by atoms with E-state index in [0.717, 1.165) is 35.7 Å². The first-order valence-electron chi connectivity index (χ1n) is 7.00. The van der Waals surface area contributed by atoms with E-state index >= 15 is 0 Å². The molecule has 0 aliphatic carbocycles. The third kappa shape index (κ3) is 2.01. The maximum atomic E-state index is 6.33. The molecule has 0 atom stereocenters. The molecule has 0 spiro atoms. The lowest BCUT2D eigenvalue weighted by Crippen LogP contribution is -2.04. The molecule has 1 aliphatic rings. The Hall–Kier alpha value is -2.26. The fraction of sp³-hybridized carbons (Fsp3) is 0.118. The van der Waals surface area contributed by atoms with Gasteiger partial charge in [0.25, 0.3) is 0 Å².